The van der Waals surface area contributed by atoms with Gasteiger partial charge in [0.25, 0.3) is 10.1 Å². The lowest BCUT2D eigenvalue weighted by Gasteiger charge is -2.49. The van der Waals surface area contributed by atoms with Crippen LogP contribution in [0.25, 0.3) is 0 Å². The van der Waals surface area contributed by atoms with Crippen LogP contribution in [-0.4, -0.2) is 14.5 Å². The summed E-state index contributed by atoms with van der Waals surface area (Å²) in [5.41, 5.74) is 1.24. The van der Waals surface area contributed by atoms with E-state index in [4.69, 9.17) is 4.18 Å². The molecule has 1 spiro atoms. The fraction of sp³-hybridized carbons (Fsp3) is 0.647. The third-order valence-electron chi connectivity index (χ3n) is 6.11. The molecule has 114 valence electrons. The van der Waals surface area contributed by atoms with Crippen molar-refractivity contribution >= 4 is 10.1 Å². The minimum atomic E-state index is -3.63. The molecule has 0 aromatic heterocycles. The second-order valence-electron chi connectivity index (χ2n) is 7.14. The molecular weight excluding hydrogens is 284 g/mol. The van der Waals surface area contributed by atoms with Gasteiger partial charge in [-0.1, -0.05) is 24.1 Å². The molecule has 0 saturated heterocycles. The molecule has 3 saturated carbocycles. The van der Waals surface area contributed by atoms with E-state index in [1.807, 2.05) is 19.1 Å². The first-order valence-electron chi connectivity index (χ1n) is 8.01. The molecule has 0 amide bonds. The molecule has 3 aliphatic rings. The van der Waals surface area contributed by atoms with Crippen LogP contribution in [0.1, 0.15) is 44.1 Å². The number of benzene rings is 1. The summed E-state index contributed by atoms with van der Waals surface area (Å²) >= 11 is 0. The molecule has 0 aliphatic heterocycles. The first-order chi connectivity index (χ1) is 10.0. The molecule has 1 aromatic rings. The van der Waals surface area contributed by atoms with E-state index < -0.39 is 10.1 Å². The van der Waals surface area contributed by atoms with Crippen molar-refractivity contribution in [3.05, 3.63) is 29.8 Å². The predicted octanol–water partition coefficient (Wildman–Crippen LogP) is 3.67. The van der Waals surface area contributed by atoms with Crippen LogP contribution in [0.3, 0.4) is 0 Å². The van der Waals surface area contributed by atoms with Crippen molar-refractivity contribution in [2.24, 2.45) is 17.3 Å². The maximum absolute atomic E-state index is 12.6. The van der Waals surface area contributed by atoms with Gasteiger partial charge in [0.15, 0.2) is 0 Å². The Hall–Kier alpha value is -0.870. The van der Waals surface area contributed by atoms with Crippen LogP contribution >= 0.6 is 0 Å². The SMILES string of the molecule is Cc1ccc(S(=O)(=O)O[C@@H]2[C@@H]3CC[C@@H](C3)C23CCC3)cc1. The molecule has 0 radical (unpaired) electrons. The Labute approximate surface area is 126 Å². The molecule has 0 heterocycles. The number of hydrogen-bond acceptors (Lipinski definition) is 3. The lowest BCUT2D eigenvalue weighted by atomic mass is 9.58. The lowest BCUT2D eigenvalue weighted by Crippen LogP contribution is -2.47. The molecular formula is C17H22O3S. The summed E-state index contributed by atoms with van der Waals surface area (Å²) in [6.45, 7) is 1.95. The van der Waals surface area contributed by atoms with Crippen molar-refractivity contribution in [3.63, 3.8) is 0 Å². The first-order valence-corrected chi connectivity index (χ1v) is 9.42. The normalized spacial score (nSPS) is 33.3. The van der Waals surface area contributed by atoms with E-state index in [1.54, 1.807) is 12.1 Å². The molecule has 3 atom stereocenters. The van der Waals surface area contributed by atoms with Gasteiger partial charge in [0.1, 0.15) is 0 Å². The van der Waals surface area contributed by atoms with Gasteiger partial charge in [-0.3, -0.25) is 4.18 Å². The predicted molar refractivity (Wildman–Crippen MR) is 80.4 cm³/mol. The van der Waals surface area contributed by atoms with Crippen LogP contribution < -0.4 is 0 Å². The lowest BCUT2D eigenvalue weighted by molar-refractivity contribution is -0.0558. The summed E-state index contributed by atoms with van der Waals surface area (Å²) in [7, 11) is -3.63. The molecule has 1 aromatic carbocycles. The van der Waals surface area contributed by atoms with Crippen molar-refractivity contribution in [1.29, 1.82) is 0 Å². The van der Waals surface area contributed by atoms with Crippen molar-refractivity contribution in [3.8, 4) is 0 Å². The summed E-state index contributed by atoms with van der Waals surface area (Å²) in [6, 6.07) is 6.98. The molecule has 0 N–H and O–H groups in total. The van der Waals surface area contributed by atoms with Crippen molar-refractivity contribution < 1.29 is 12.6 Å². The molecule has 4 rings (SSSR count). The number of aryl methyl sites for hydroxylation is 1. The average molecular weight is 306 g/mol. The van der Waals surface area contributed by atoms with Gasteiger partial charge in [0.05, 0.1) is 11.0 Å². The average Bonchev–Trinajstić information content (AvgIpc) is 2.97. The molecule has 2 bridgehead atoms. The summed E-state index contributed by atoms with van der Waals surface area (Å²) < 4.78 is 31.0. The van der Waals surface area contributed by atoms with Crippen LogP contribution in [0.4, 0.5) is 0 Å². The molecule has 0 unspecified atom stereocenters. The summed E-state index contributed by atoms with van der Waals surface area (Å²) in [4.78, 5) is 0.297. The van der Waals surface area contributed by atoms with Gasteiger partial charge in [-0.2, -0.15) is 8.42 Å². The summed E-state index contributed by atoms with van der Waals surface area (Å²) in [6.07, 6.45) is 7.05. The summed E-state index contributed by atoms with van der Waals surface area (Å²) in [5, 5.41) is 0. The Morgan fingerprint density at radius 3 is 2.48 bits per heavy atom. The van der Waals surface area contributed by atoms with Gasteiger partial charge in [-0.05, 0) is 63.0 Å². The van der Waals surface area contributed by atoms with Crippen molar-refractivity contribution in [2.75, 3.05) is 0 Å². The Kier molecular flexibility index (Phi) is 2.99. The van der Waals surface area contributed by atoms with Crippen molar-refractivity contribution in [2.45, 2.75) is 56.4 Å². The molecule has 21 heavy (non-hydrogen) atoms. The van der Waals surface area contributed by atoms with Crippen LogP contribution in [0.15, 0.2) is 29.2 Å². The van der Waals surface area contributed by atoms with Crippen LogP contribution in [-0.2, 0) is 14.3 Å². The van der Waals surface area contributed by atoms with E-state index in [0.717, 1.165) is 24.8 Å². The van der Waals surface area contributed by atoms with E-state index in [2.05, 4.69) is 0 Å². The van der Waals surface area contributed by atoms with E-state index in [1.165, 1.54) is 19.3 Å². The zero-order valence-electron chi connectivity index (χ0n) is 12.4. The quantitative estimate of drug-likeness (QED) is 0.800. The smallest absolute Gasteiger partial charge is 0.262 e. The van der Waals surface area contributed by atoms with E-state index in [-0.39, 0.29) is 11.5 Å². The van der Waals surface area contributed by atoms with Crippen LogP contribution in [0, 0.1) is 24.2 Å². The Morgan fingerprint density at radius 1 is 1.14 bits per heavy atom. The first kappa shape index (κ1) is 13.8. The van der Waals surface area contributed by atoms with E-state index in [0.29, 0.717) is 16.7 Å². The van der Waals surface area contributed by atoms with Gasteiger partial charge in [0, 0.05) is 5.41 Å². The fourth-order valence-corrected chi connectivity index (χ4v) is 6.07. The van der Waals surface area contributed by atoms with Crippen LogP contribution in [0.2, 0.25) is 0 Å². The van der Waals surface area contributed by atoms with Gasteiger partial charge in [0.2, 0.25) is 0 Å². The third kappa shape index (κ3) is 1.99. The second kappa shape index (κ2) is 4.56. The zero-order chi connectivity index (χ0) is 14.7. The third-order valence-corrected chi connectivity index (χ3v) is 7.42. The largest absolute Gasteiger partial charge is 0.297 e. The molecule has 4 heteroatoms. The van der Waals surface area contributed by atoms with Crippen LogP contribution in [0.5, 0.6) is 0 Å². The maximum atomic E-state index is 12.6. The highest BCUT2D eigenvalue weighted by atomic mass is 32.2. The summed E-state index contributed by atoms with van der Waals surface area (Å²) in [5.74, 6) is 1.16. The Bertz CT molecular complexity index is 643. The van der Waals surface area contributed by atoms with E-state index in [9.17, 15) is 8.42 Å². The van der Waals surface area contributed by atoms with Gasteiger partial charge < -0.3 is 0 Å². The molecule has 3 fully saturated rings. The highest BCUT2D eigenvalue weighted by Crippen LogP contribution is 2.65. The van der Waals surface area contributed by atoms with Gasteiger partial charge in [-0.15, -0.1) is 0 Å². The van der Waals surface area contributed by atoms with E-state index >= 15 is 0 Å². The highest BCUT2D eigenvalue weighted by molar-refractivity contribution is 7.86. The van der Waals surface area contributed by atoms with Crippen molar-refractivity contribution in [1.82, 2.24) is 0 Å². The molecule has 3 aliphatic carbocycles. The van der Waals surface area contributed by atoms with Gasteiger partial charge in [-0.25, -0.2) is 0 Å². The highest BCUT2D eigenvalue weighted by Gasteiger charge is 2.62. The topological polar surface area (TPSA) is 43.4 Å². The Morgan fingerprint density at radius 2 is 1.86 bits per heavy atom. The van der Waals surface area contributed by atoms with Gasteiger partial charge >= 0.3 is 0 Å². The fourth-order valence-electron chi connectivity index (χ4n) is 4.86. The monoisotopic (exact) mass is 306 g/mol. The second-order valence-corrected chi connectivity index (χ2v) is 8.71. The Balaban J connectivity index is 1.61. The number of fused-ring (bicyclic) bond motifs is 3. The maximum Gasteiger partial charge on any atom is 0.297 e. The standard InChI is InChI=1S/C17H22O3S/c1-12-3-7-15(8-4-12)21(18,19)20-16-13-5-6-14(11-13)17(16)9-2-10-17/h3-4,7-8,13-14,16H,2,5-6,9-11H2,1H3/t13-,14+,16-/m1/s1. The number of rotatable bonds is 3. The molecule has 3 nitrogen and oxygen atoms in total. The zero-order valence-corrected chi connectivity index (χ0v) is 13.2. The minimum Gasteiger partial charge on any atom is -0.262 e. The number of hydrogen-bond donors (Lipinski definition) is 0. The minimum absolute atomic E-state index is 0.0729.